The Labute approximate surface area is 221 Å². The predicted molar refractivity (Wildman–Crippen MR) is 143 cm³/mol. The van der Waals surface area contributed by atoms with Crippen LogP contribution in [-0.2, 0) is 12.0 Å². The zero-order valence-electron chi connectivity index (χ0n) is 21.8. The van der Waals surface area contributed by atoms with E-state index in [2.05, 4.69) is 10.2 Å². The molecule has 0 fully saturated rings. The van der Waals surface area contributed by atoms with Crippen LogP contribution in [0, 0.1) is 0 Å². The molecule has 0 aliphatic carbocycles. The summed E-state index contributed by atoms with van der Waals surface area (Å²) in [6.07, 6.45) is 3.41. The van der Waals surface area contributed by atoms with Crippen molar-refractivity contribution in [3.63, 3.8) is 0 Å². The fraction of sp³-hybridized carbons (Fsp3) is 0.310. The Balaban J connectivity index is 1.77. The normalized spacial score (nSPS) is 12.7. The number of aromatic carboxylic acids is 1. The van der Waals surface area contributed by atoms with Crippen molar-refractivity contribution in [1.82, 2.24) is 15.1 Å². The molecule has 0 saturated carbocycles. The van der Waals surface area contributed by atoms with Crippen LogP contribution < -0.4 is 5.73 Å². The van der Waals surface area contributed by atoms with Gasteiger partial charge in [-0.2, -0.15) is 0 Å². The molecule has 198 valence electrons. The van der Waals surface area contributed by atoms with Gasteiger partial charge in [-0.15, -0.1) is 10.2 Å². The summed E-state index contributed by atoms with van der Waals surface area (Å²) in [5, 5.41) is 18.1. The first-order valence-electron chi connectivity index (χ1n) is 12.7. The van der Waals surface area contributed by atoms with E-state index in [1.165, 1.54) is 12.3 Å². The van der Waals surface area contributed by atoms with Gasteiger partial charge in [-0.3, -0.25) is 4.79 Å². The molecule has 2 aromatic carbocycles. The van der Waals surface area contributed by atoms with Crippen molar-refractivity contribution in [1.29, 1.82) is 0 Å². The lowest BCUT2D eigenvalue weighted by Crippen LogP contribution is -2.35. The first kappa shape index (κ1) is 26.8. The minimum absolute atomic E-state index is 0.0110. The number of rotatable bonds is 11. The number of carbonyl (C=O) groups excluding carboxylic acids is 1. The summed E-state index contributed by atoms with van der Waals surface area (Å²) in [7, 11) is 0. The van der Waals surface area contributed by atoms with Gasteiger partial charge >= 0.3 is 5.97 Å². The van der Waals surface area contributed by atoms with Gasteiger partial charge in [-0.05, 0) is 56.0 Å². The number of carboxylic acid groups (broad SMARTS) is 1. The second-order valence-corrected chi connectivity index (χ2v) is 9.55. The molecule has 1 amide bonds. The fourth-order valence-corrected chi connectivity index (χ4v) is 4.41. The Morgan fingerprint density at radius 2 is 1.68 bits per heavy atom. The topological polar surface area (TPSA) is 136 Å². The SMILES string of the molecule is CCCN(CCC)C(=O)c1cc(-c2nnc([C@](C)(N)Cc3ccccc3)o2)cc(-c2occc2C(=O)O)c1. The quantitative estimate of drug-likeness (QED) is 0.271. The molecule has 1 atom stereocenters. The Hall–Kier alpha value is -4.24. The molecule has 0 unspecified atom stereocenters. The molecule has 0 saturated heterocycles. The highest BCUT2D eigenvalue weighted by Crippen LogP contribution is 2.32. The maximum atomic E-state index is 13.5. The highest BCUT2D eigenvalue weighted by Gasteiger charge is 2.29. The molecule has 2 heterocycles. The van der Waals surface area contributed by atoms with Gasteiger partial charge in [0.1, 0.15) is 11.3 Å². The monoisotopic (exact) mass is 516 g/mol. The van der Waals surface area contributed by atoms with Crippen LogP contribution in [0.1, 0.15) is 65.8 Å². The first-order valence-corrected chi connectivity index (χ1v) is 12.7. The molecule has 0 spiro atoms. The van der Waals surface area contributed by atoms with Crippen molar-refractivity contribution in [2.45, 2.75) is 45.6 Å². The van der Waals surface area contributed by atoms with Crippen LogP contribution in [-0.4, -0.2) is 45.2 Å². The number of carboxylic acids is 1. The number of aromatic nitrogens is 2. The van der Waals surface area contributed by atoms with E-state index in [1.54, 1.807) is 23.1 Å². The summed E-state index contributed by atoms with van der Waals surface area (Å²) in [5.41, 5.74) is 7.90. The van der Waals surface area contributed by atoms with Gasteiger partial charge in [0.2, 0.25) is 11.8 Å². The van der Waals surface area contributed by atoms with Crippen LogP contribution in [0.3, 0.4) is 0 Å². The van der Waals surface area contributed by atoms with E-state index in [1.807, 2.05) is 51.1 Å². The number of nitrogens with zero attached hydrogens (tertiary/aromatic N) is 3. The van der Waals surface area contributed by atoms with E-state index >= 15 is 0 Å². The molecular formula is C29H32N4O5. The Morgan fingerprint density at radius 1 is 1.00 bits per heavy atom. The summed E-state index contributed by atoms with van der Waals surface area (Å²) >= 11 is 0. The number of amides is 1. The average molecular weight is 517 g/mol. The van der Waals surface area contributed by atoms with E-state index in [-0.39, 0.29) is 29.0 Å². The average Bonchev–Trinajstić information content (AvgIpc) is 3.59. The standard InChI is InChI=1S/C29H32N4O5/c1-4-12-33(13-5-2)26(34)22-16-20(24-23(27(35)36)11-14-37-24)15-21(17-22)25-31-32-28(38-25)29(3,30)18-19-9-7-6-8-10-19/h6-11,14-17H,4-5,12-13,18,30H2,1-3H3,(H,35,36)/t29-/m1/s1. The first-order chi connectivity index (χ1) is 18.2. The molecule has 4 rings (SSSR count). The minimum atomic E-state index is -1.13. The minimum Gasteiger partial charge on any atom is -0.478 e. The van der Waals surface area contributed by atoms with Crippen LogP contribution in [0.2, 0.25) is 0 Å². The third kappa shape index (κ3) is 5.84. The lowest BCUT2D eigenvalue weighted by Gasteiger charge is -2.22. The summed E-state index contributed by atoms with van der Waals surface area (Å²) in [6, 6.07) is 16.1. The summed E-state index contributed by atoms with van der Waals surface area (Å²) in [6.45, 7) is 7.04. The molecule has 38 heavy (non-hydrogen) atoms. The van der Waals surface area contributed by atoms with Crippen LogP contribution in [0.4, 0.5) is 0 Å². The van der Waals surface area contributed by atoms with Gasteiger partial charge in [0.05, 0.1) is 11.8 Å². The van der Waals surface area contributed by atoms with Gasteiger partial charge in [-0.1, -0.05) is 44.2 Å². The summed E-state index contributed by atoms with van der Waals surface area (Å²) in [5.74, 6) is -0.754. The maximum Gasteiger partial charge on any atom is 0.339 e. The Morgan fingerprint density at radius 3 is 2.34 bits per heavy atom. The number of benzene rings is 2. The molecule has 0 radical (unpaired) electrons. The van der Waals surface area contributed by atoms with Crippen molar-refractivity contribution in [2.24, 2.45) is 5.73 Å². The second kappa shape index (κ2) is 11.4. The third-order valence-electron chi connectivity index (χ3n) is 6.19. The molecule has 0 aliphatic heterocycles. The summed E-state index contributed by atoms with van der Waals surface area (Å²) in [4.78, 5) is 27.1. The number of furan rings is 1. The van der Waals surface area contributed by atoms with Gasteiger partial charge in [0.15, 0.2) is 0 Å². The van der Waals surface area contributed by atoms with E-state index in [4.69, 9.17) is 14.6 Å². The zero-order chi connectivity index (χ0) is 27.3. The summed E-state index contributed by atoms with van der Waals surface area (Å²) < 4.78 is 11.6. The smallest absolute Gasteiger partial charge is 0.339 e. The number of nitrogens with two attached hydrogens (primary N) is 1. The lowest BCUT2D eigenvalue weighted by atomic mass is 9.94. The zero-order valence-corrected chi connectivity index (χ0v) is 21.8. The van der Waals surface area contributed by atoms with Crippen LogP contribution in [0.5, 0.6) is 0 Å². The number of carbonyl (C=O) groups is 2. The molecule has 0 aliphatic rings. The van der Waals surface area contributed by atoms with Gasteiger partial charge in [0, 0.05) is 29.8 Å². The van der Waals surface area contributed by atoms with Crippen LogP contribution >= 0.6 is 0 Å². The second-order valence-electron chi connectivity index (χ2n) is 9.55. The molecule has 3 N–H and O–H groups in total. The van der Waals surface area contributed by atoms with Crippen LogP contribution in [0.15, 0.2) is 69.7 Å². The fourth-order valence-electron chi connectivity index (χ4n) is 4.41. The van der Waals surface area contributed by atoms with Gasteiger partial charge in [-0.25, -0.2) is 4.79 Å². The number of hydrogen-bond donors (Lipinski definition) is 2. The van der Waals surface area contributed by atoms with E-state index in [0.29, 0.717) is 36.2 Å². The van der Waals surface area contributed by atoms with Gasteiger partial charge in [0.25, 0.3) is 5.91 Å². The van der Waals surface area contributed by atoms with Crippen molar-refractivity contribution < 1.29 is 23.5 Å². The van der Waals surface area contributed by atoms with E-state index in [9.17, 15) is 14.7 Å². The molecule has 0 bridgehead atoms. The number of hydrogen-bond acceptors (Lipinski definition) is 7. The molecule has 9 heteroatoms. The molecule has 4 aromatic rings. The molecule has 9 nitrogen and oxygen atoms in total. The molecule has 2 aromatic heterocycles. The van der Waals surface area contributed by atoms with E-state index < -0.39 is 11.5 Å². The van der Waals surface area contributed by atoms with Gasteiger partial charge < -0.3 is 24.6 Å². The lowest BCUT2D eigenvalue weighted by molar-refractivity contribution is 0.0696. The van der Waals surface area contributed by atoms with Crippen molar-refractivity contribution in [2.75, 3.05) is 13.1 Å². The Bertz CT molecular complexity index is 1400. The highest BCUT2D eigenvalue weighted by molar-refractivity contribution is 5.99. The molecular weight excluding hydrogens is 484 g/mol. The highest BCUT2D eigenvalue weighted by atomic mass is 16.4. The predicted octanol–water partition coefficient (Wildman–Crippen LogP) is 5.37. The van der Waals surface area contributed by atoms with Crippen molar-refractivity contribution in [3.8, 4) is 22.8 Å². The maximum absolute atomic E-state index is 13.5. The van der Waals surface area contributed by atoms with Crippen LogP contribution in [0.25, 0.3) is 22.8 Å². The third-order valence-corrected chi connectivity index (χ3v) is 6.19. The Kier molecular flexibility index (Phi) is 8.07. The largest absolute Gasteiger partial charge is 0.478 e. The van der Waals surface area contributed by atoms with Crippen molar-refractivity contribution >= 4 is 11.9 Å². The van der Waals surface area contributed by atoms with E-state index in [0.717, 1.165) is 18.4 Å². The van der Waals surface area contributed by atoms with Crippen molar-refractivity contribution in [3.05, 3.63) is 83.4 Å².